The van der Waals surface area contributed by atoms with Gasteiger partial charge in [0.2, 0.25) is 0 Å². The molecule has 0 heterocycles. The molecule has 0 atom stereocenters. The Morgan fingerprint density at radius 2 is 0.500 bits per heavy atom. The average Bonchev–Trinajstić information content (AvgIpc) is 3.07. The number of carbonyl (C=O) groups excluding carboxylic acids is 1. The van der Waals surface area contributed by atoms with Gasteiger partial charge in [-0.15, -0.1) is 0 Å². The number of nitrogen functional groups attached to an aromatic ring is 4. The van der Waals surface area contributed by atoms with Crippen LogP contribution in [0.2, 0.25) is 0 Å². The minimum absolute atomic E-state index is 0.503. The molecule has 0 aromatic heterocycles. The van der Waals surface area contributed by atoms with Gasteiger partial charge in [-0.25, -0.2) is 0 Å². The summed E-state index contributed by atoms with van der Waals surface area (Å²) in [5, 5.41) is 0. The molecule has 2 rings (SSSR count). The van der Waals surface area contributed by atoms with Crippen molar-refractivity contribution in [3.63, 3.8) is 0 Å². The first kappa shape index (κ1) is 43.5. The third kappa shape index (κ3) is 25.3. The van der Waals surface area contributed by atoms with Gasteiger partial charge in [-0.05, 0) is 86.1 Å². The number of ketones is 1. The zero-order chi connectivity index (χ0) is 35.9. The van der Waals surface area contributed by atoms with Crippen molar-refractivity contribution in [1.29, 1.82) is 0 Å². The molecule has 0 aliphatic carbocycles. The molecule has 0 aliphatic heterocycles. The molecule has 5 heteroatoms. The molecule has 0 saturated heterocycles. The zero-order valence-corrected chi connectivity index (χ0v) is 32.3. The normalized spacial score (nSPS) is 11.4. The summed E-state index contributed by atoms with van der Waals surface area (Å²) in [6.45, 7) is 0. The maximum absolute atomic E-state index is 12.3. The highest BCUT2D eigenvalue weighted by molar-refractivity contribution is 5.78. The fourth-order valence-electron chi connectivity index (χ4n) is 7.45. The Hall–Kier alpha value is -2.69. The number of nitrogens with two attached hydrogens (primary N) is 4. The predicted octanol–water partition coefficient (Wildman–Crippen LogP) is 13.1. The van der Waals surface area contributed by atoms with Crippen molar-refractivity contribution in [2.45, 2.75) is 205 Å². The molecule has 0 unspecified atom stereocenters. The van der Waals surface area contributed by atoms with Crippen LogP contribution in [-0.4, -0.2) is 5.78 Å². The summed E-state index contributed by atoms with van der Waals surface area (Å²) >= 11 is 0. The fraction of sp³-hybridized carbons (Fsp3) is 0.711. The summed E-state index contributed by atoms with van der Waals surface area (Å²) in [5.74, 6) is 0.503. The molecule has 2 aromatic rings. The molecule has 8 N–H and O–H groups in total. The minimum Gasteiger partial charge on any atom is -0.399 e. The van der Waals surface area contributed by atoms with Gasteiger partial charge >= 0.3 is 0 Å². The first-order valence-electron chi connectivity index (χ1n) is 21.2. The molecule has 2 aromatic carbocycles. The summed E-state index contributed by atoms with van der Waals surface area (Å²) < 4.78 is 0. The van der Waals surface area contributed by atoms with Gasteiger partial charge in [0, 0.05) is 35.6 Å². The Balaban J connectivity index is 1.20. The highest BCUT2D eigenvalue weighted by Crippen LogP contribution is 2.20. The van der Waals surface area contributed by atoms with Crippen LogP contribution in [0.4, 0.5) is 22.7 Å². The lowest BCUT2D eigenvalue weighted by molar-refractivity contribution is -0.119. The maximum Gasteiger partial charge on any atom is 0.132 e. The highest BCUT2D eigenvalue weighted by atomic mass is 16.1. The summed E-state index contributed by atoms with van der Waals surface area (Å²) in [4.78, 5) is 12.3. The van der Waals surface area contributed by atoms with Crippen LogP contribution >= 0.6 is 0 Å². The van der Waals surface area contributed by atoms with E-state index in [2.05, 4.69) is 24.3 Å². The SMILES string of the molecule is Nc1cc(N)cc(CCCCCCCCCCCCCCCCC(=O)CCCCCCCCCCCCCCCCc2cc(N)cc(N)c2)c1. The lowest BCUT2D eigenvalue weighted by atomic mass is 10.0. The molecule has 0 aliphatic rings. The van der Waals surface area contributed by atoms with Crippen molar-refractivity contribution < 1.29 is 4.79 Å². The highest BCUT2D eigenvalue weighted by Gasteiger charge is 2.03. The number of anilines is 4. The van der Waals surface area contributed by atoms with Crippen LogP contribution < -0.4 is 22.9 Å². The van der Waals surface area contributed by atoms with Crippen LogP contribution in [0.15, 0.2) is 36.4 Å². The lowest BCUT2D eigenvalue weighted by Gasteiger charge is -2.06. The minimum atomic E-state index is 0.503. The monoisotopic (exact) mass is 691 g/mol. The van der Waals surface area contributed by atoms with Crippen molar-refractivity contribution in [3.05, 3.63) is 47.5 Å². The van der Waals surface area contributed by atoms with Crippen LogP contribution in [0.3, 0.4) is 0 Å². The van der Waals surface area contributed by atoms with Crippen LogP contribution in [0.1, 0.15) is 204 Å². The van der Waals surface area contributed by atoms with Crippen molar-refractivity contribution in [3.8, 4) is 0 Å². The summed E-state index contributed by atoms with van der Waals surface area (Å²) in [7, 11) is 0. The molecular formula is C45H78N4O. The van der Waals surface area contributed by atoms with E-state index in [9.17, 15) is 4.79 Å². The first-order valence-corrected chi connectivity index (χ1v) is 21.2. The van der Waals surface area contributed by atoms with E-state index in [-0.39, 0.29) is 0 Å². The number of hydrogen-bond acceptors (Lipinski definition) is 5. The van der Waals surface area contributed by atoms with E-state index in [1.165, 1.54) is 178 Å². The van der Waals surface area contributed by atoms with E-state index in [0.29, 0.717) is 5.78 Å². The van der Waals surface area contributed by atoms with Gasteiger partial charge in [0.1, 0.15) is 5.78 Å². The van der Waals surface area contributed by atoms with Crippen molar-refractivity contribution in [2.24, 2.45) is 0 Å². The Morgan fingerprint density at radius 3 is 0.740 bits per heavy atom. The van der Waals surface area contributed by atoms with Crippen molar-refractivity contribution in [2.75, 3.05) is 22.9 Å². The van der Waals surface area contributed by atoms with E-state index in [1.807, 2.05) is 12.1 Å². The number of carbonyl (C=O) groups is 1. The number of unbranched alkanes of at least 4 members (excludes halogenated alkanes) is 26. The van der Waals surface area contributed by atoms with E-state index in [0.717, 1.165) is 61.3 Å². The van der Waals surface area contributed by atoms with Gasteiger partial charge in [-0.3, -0.25) is 4.79 Å². The van der Waals surface area contributed by atoms with Crippen LogP contribution in [-0.2, 0) is 17.6 Å². The summed E-state index contributed by atoms with van der Waals surface area (Å²) in [5.41, 5.74) is 29.2. The Bertz CT molecular complexity index is 990. The Kier molecular flexibility index (Phi) is 26.1. The Morgan fingerprint density at radius 1 is 0.300 bits per heavy atom. The Labute approximate surface area is 308 Å². The first-order chi connectivity index (χ1) is 24.4. The second kappa shape index (κ2) is 30.0. The van der Waals surface area contributed by atoms with Gasteiger partial charge in [0.25, 0.3) is 0 Å². The second-order valence-electron chi connectivity index (χ2n) is 15.5. The summed E-state index contributed by atoms with van der Waals surface area (Å²) in [6, 6.07) is 11.9. The molecule has 5 nitrogen and oxygen atoms in total. The van der Waals surface area contributed by atoms with Gasteiger partial charge in [0.05, 0.1) is 0 Å². The van der Waals surface area contributed by atoms with Gasteiger partial charge in [0.15, 0.2) is 0 Å². The summed E-state index contributed by atoms with van der Waals surface area (Å²) in [6.07, 6.45) is 40.8. The van der Waals surface area contributed by atoms with E-state index in [4.69, 9.17) is 22.9 Å². The fourth-order valence-corrected chi connectivity index (χ4v) is 7.45. The number of aryl methyl sites for hydroxylation is 2. The third-order valence-electron chi connectivity index (χ3n) is 10.4. The number of Topliss-reactive ketones (excluding diaryl/α,β-unsaturated/α-hetero) is 1. The molecule has 0 bridgehead atoms. The lowest BCUT2D eigenvalue weighted by Crippen LogP contribution is -1.97. The van der Waals surface area contributed by atoms with E-state index in [1.54, 1.807) is 0 Å². The quantitative estimate of drug-likeness (QED) is 0.0430. The van der Waals surface area contributed by atoms with Gasteiger partial charge in [-0.1, -0.05) is 154 Å². The molecular weight excluding hydrogens is 613 g/mol. The second-order valence-corrected chi connectivity index (χ2v) is 15.5. The molecule has 0 saturated carbocycles. The van der Waals surface area contributed by atoms with E-state index >= 15 is 0 Å². The van der Waals surface area contributed by atoms with Crippen LogP contribution in [0, 0.1) is 0 Å². The van der Waals surface area contributed by atoms with Crippen molar-refractivity contribution >= 4 is 28.5 Å². The number of rotatable bonds is 34. The molecule has 50 heavy (non-hydrogen) atoms. The molecule has 0 fully saturated rings. The largest absolute Gasteiger partial charge is 0.399 e. The topological polar surface area (TPSA) is 121 Å². The standard InChI is InChI=1S/C45H78N4O/c46-41-33-39(34-42(47)37-41)29-25-21-17-13-9-5-1-3-7-11-15-19-23-27-31-45(50)32-28-24-20-16-12-8-4-2-6-10-14-18-22-26-30-40-35-43(48)38-44(49)36-40/h33-38H,1-32,46-49H2. The van der Waals surface area contributed by atoms with E-state index < -0.39 is 0 Å². The number of hydrogen-bond donors (Lipinski definition) is 4. The number of benzene rings is 2. The maximum atomic E-state index is 12.3. The van der Waals surface area contributed by atoms with Crippen molar-refractivity contribution in [1.82, 2.24) is 0 Å². The molecule has 284 valence electrons. The average molecular weight is 691 g/mol. The third-order valence-corrected chi connectivity index (χ3v) is 10.4. The van der Waals surface area contributed by atoms with Gasteiger partial charge in [-0.2, -0.15) is 0 Å². The van der Waals surface area contributed by atoms with Gasteiger partial charge < -0.3 is 22.9 Å². The smallest absolute Gasteiger partial charge is 0.132 e. The molecule has 0 spiro atoms. The molecule has 0 amide bonds. The molecule has 0 radical (unpaired) electrons. The zero-order valence-electron chi connectivity index (χ0n) is 32.3. The predicted molar refractivity (Wildman–Crippen MR) is 221 cm³/mol. The van der Waals surface area contributed by atoms with Crippen LogP contribution in [0.25, 0.3) is 0 Å². The van der Waals surface area contributed by atoms with Crippen LogP contribution in [0.5, 0.6) is 0 Å².